The standard InChI is InChI=1S/C73H141N2O7P/c1-7-10-13-16-19-22-25-27-29-31-33-34-35-36-37-38-39-40-42-44-46-48-51-54-57-60-63-66-73(77)82-71(64-61-58-55-52-49-24-21-18-15-12-9-3)70(69-81-83(78,79)80-68-67-75(4,5)6)74-72(76)65-62-59-56-53-50-47-45-43-41-32-30-28-26-23-20-17-14-11-8-2/h20,23,28,30,61,64,70-71H,7-19,21-22,24-27,29,31-60,62-63,65-69H2,1-6H3,(H-,74,76,78,79)/p+1/b23-20-,30-28-,64-61-. The van der Waals surface area contributed by atoms with Crippen LogP contribution in [0.5, 0.6) is 0 Å². The Kier molecular flexibility index (Phi) is 61.9. The Balaban J connectivity index is 4.93. The largest absolute Gasteiger partial charge is 0.472 e. The third-order valence-corrected chi connectivity index (χ3v) is 17.6. The summed E-state index contributed by atoms with van der Waals surface area (Å²) < 4.78 is 30.8. The van der Waals surface area contributed by atoms with Gasteiger partial charge in [-0.15, -0.1) is 0 Å². The number of hydrogen-bond donors (Lipinski definition) is 2. The number of phosphoric ester groups is 1. The van der Waals surface area contributed by atoms with Gasteiger partial charge in [-0.3, -0.25) is 18.6 Å². The second-order valence-electron chi connectivity index (χ2n) is 26.1. The summed E-state index contributed by atoms with van der Waals surface area (Å²) in [6.45, 7) is 7.04. The number of esters is 1. The van der Waals surface area contributed by atoms with E-state index in [0.29, 0.717) is 23.9 Å². The second-order valence-corrected chi connectivity index (χ2v) is 27.6. The highest BCUT2D eigenvalue weighted by molar-refractivity contribution is 7.47. The molecule has 0 spiro atoms. The molecule has 0 fully saturated rings. The van der Waals surface area contributed by atoms with Crippen molar-refractivity contribution in [3.63, 3.8) is 0 Å². The maximum absolute atomic E-state index is 13.6. The molecule has 9 nitrogen and oxygen atoms in total. The first-order chi connectivity index (χ1) is 40.4. The van der Waals surface area contributed by atoms with Gasteiger partial charge in [0.15, 0.2) is 0 Å². The van der Waals surface area contributed by atoms with Crippen molar-refractivity contribution in [2.24, 2.45) is 0 Å². The molecule has 3 atom stereocenters. The lowest BCUT2D eigenvalue weighted by Crippen LogP contribution is -2.47. The van der Waals surface area contributed by atoms with Crippen molar-refractivity contribution in [1.82, 2.24) is 5.32 Å². The van der Waals surface area contributed by atoms with E-state index in [2.05, 4.69) is 50.4 Å². The molecule has 0 bridgehead atoms. The summed E-state index contributed by atoms with van der Waals surface area (Å²) in [5, 5.41) is 3.07. The molecule has 2 N–H and O–H groups in total. The predicted octanol–water partition coefficient (Wildman–Crippen LogP) is 23.0. The molecule has 0 aromatic rings. The number of ether oxygens (including phenoxy) is 1. The minimum absolute atomic E-state index is 0.0418. The maximum Gasteiger partial charge on any atom is 0.472 e. The lowest BCUT2D eigenvalue weighted by Gasteiger charge is -2.27. The SMILES string of the molecule is CCCCC/C=C\C/C=C\CCCCCCCCCCCC(=O)NC(COP(=O)(O)OCC[N+](C)(C)C)C(/C=C\CCCCCCCCCCC)OC(=O)CCCCCCCCCCCCCCCCCCCCCCCCCCCCC. The molecule has 1 amide bonds. The number of hydrogen-bond acceptors (Lipinski definition) is 6. The monoisotopic (exact) mass is 1190 g/mol. The highest BCUT2D eigenvalue weighted by atomic mass is 31.2. The number of amides is 1. The summed E-state index contributed by atoms with van der Waals surface area (Å²) in [6, 6.07) is -0.847. The van der Waals surface area contributed by atoms with E-state index in [9.17, 15) is 19.0 Å². The number of allylic oxidation sites excluding steroid dienone is 5. The van der Waals surface area contributed by atoms with Crippen LogP contribution in [0.1, 0.15) is 367 Å². The smallest absolute Gasteiger partial charge is 0.456 e. The molecular formula is C73H142N2O7P+. The van der Waals surface area contributed by atoms with E-state index >= 15 is 0 Å². The quantitative estimate of drug-likeness (QED) is 0.0205. The lowest BCUT2D eigenvalue weighted by molar-refractivity contribution is -0.870. The number of nitrogens with zero attached hydrogens (tertiary/aromatic N) is 1. The van der Waals surface area contributed by atoms with Gasteiger partial charge in [0.1, 0.15) is 19.3 Å². The number of unbranched alkanes of at least 4 members (excludes halogenated alkanes) is 47. The van der Waals surface area contributed by atoms with Crippen LogP contribution in [0.15, 0.2) is 36.5 Å². The molecule has 0 heterocycles. The van der Waals surface area contributed by atoms with E-state index in [1.165, 1.54) is 270 Å². The van der Waals surface area contributed by atoms with Crippen molar-refractivity contribution >= 4 is 19.7 Å². The molecule has 10 heteroatoms. The molecule has 0 saturated carbocycles. The maximum atomic E-state index is 13.6. The van der Waals surface area contributed by atoms with Crippen molar-refractivity contribution < 1.29 is 37.3 Å². The van der Waals surface area contributed by atoms with Crippen molar-refractivity contribution in [3.05, 3.63) is 36.5 Å². The molecule has 0 radical (unpaired) electrons. The molecule has 0 aliphatic carbocycles. The molecule has 0 rings (SSSR count). The minimum atomic E-state index is -4.45. The van der Waals surface area contributed by atoms with Crippen LogP contribution < -0.4 is 5.32 Å². The first-order valence-corrected chi connectivity index (χ1v) is 37.8. The van der Waals surface area contributed by atoms with E-state index in [1.807, 2.05) is 33.3 Å². The van der Waals surface area contributed by atoms with E-state index in [-0.39, 0.29) is 25.1 Å². The van der Waals surface area contributed by atoms with Crippen LogP contribution in [0.4, 0.5) is 0 Å². The Bertz CT molecular complexity index is 1510. The fourth-order valence-corrected chi connectivity index (χ4v) is 11.7. The summed E-state index contributed by atoms with van der Waals surface area (Å²) >= 11 is 0. The van der Waals surface area contributed by atoms with Gasteiger partial charge in [-0.05, 0) is 63.9 Å². The molecule has 3 unspecified atom stereocenters. The summed E-state index contributed by atoms with van der Waals surface area (Å²) in [7, 11) is 1.51. The number of phosphoric acid groups is 1. The summed E-state index contributed by atoms with van der Waals surface area (Å²) in [4.78, 5) is 37.9. The highest BCUT2D eigenvalue weighted by Gasteiger charge is 2.30. The van der Waals surface area contributed by atoms with Gasteiger partial charge in [-0.25, -0.2) is 4.57 Å². The number of quaternary nitrogens is 1. The van der Waals surface area contributed by atoms with Crippen LogP contribution in [-0.2, 0) is 27.9 Å². The Morgan fingerprint density at radius 3 is 1.11 bits per heavy atom. The Hall–Kier alpha value is -1.77. The van der Waals surface area contributed by atoms with Gasteiger partial charge in [-0.1, -0.05) is 327 Å². The Morgan fingerprint density at radius 2 is 0.735 bits per heavy atom. The Morgan fingerprint density at radius 1 is 0.422 bits per heavy atom. The molecule has 0 aromatic carbocycles. The topological polar surface area (TPSA) is 111 Å². The van der Waals surface area contributed by atoms with Crippen LogP contribution in [-0.4, -0.2) is 74.3 Å². The normalized spacial score (nSPS) is 13.7. The third kappa shape index (κ3) is 64.5. The van der Waals surface area contributed by atoms with Crippen molar-refractivity contribution in [3.8, 4) is 0 Å². The highest BCUT2D eigenvalue weighted by Crippen LogP contribution is 2.43. The average Bonchev–Trinajstić information content (AvgIpc) is 3.52. The van der Waals surface area contributed by atoms with Crippen LogP contribution in [0.3, 0.4) is 0 Å². The first-order valence-electron chi connectivity index (χ1n) is 36.3. The van der Waals surface area contributed by atoms with E-state index < -0.39 is 20.0 Å². The number of carbonyl (C=O) groups excluding carboxylic acids is 2. The number of likely N-dealkylation sites (N-methyl/N-ethyl adjacent to an activating group) is 1. The zero-order valence-electron chi connectivity index (χ0n) is 56.2. The van der Waals surface area contributed by atoms with E-state index in [1.54, 1.807) is 0 Å². The minimum Gasteiger partial charge on any atom is -0.456 e. The van der Waals surface area contributed by atoms with Gasteiger partial charge in [0.25, 0.3) is 0 Å². The van der Waals surface area contributed by atoms with Crippen molar-refractivity contribution in [2.75, 3.05) is 40.9 Å². The fourth-order valence-electron chi connectivity index (χ4n) is 11.0. The number of nitrogens with one attached hydrogen (secondary N) is 1. The van der Waals surface area contributed by atoms with Crippen molar-refractivity contribution in [1.29, 1.82) is 0 Å². The second kappa shape index (κ2) is 63.3. The molecule has 0 aromatic heterocycles. The van der Waals surface area contributed by atoms with Gasteiger partial charge >= 0.3 is 13.8 Å². The van der Waals surface area contributed by atoms with Gasteiger partial charge in [0.2, 0.25) is 5.91 Å². The van der Waals surface area contributed by atoms with Crippen LogP contribution in [0.25, 0.3) is 0 Å². The molecule has 0 saturated heterocycles. The molecule has 83 heavy (non-hydrogen) atoms. The fraction of sp³-hybridized carbons (Fsp3) is 0.890. The van der Waals surface area contributed by atoms with E-state index in [0.717, 1.165) is 64.2 Å². The average molecular weight is 1190 g/mol. The van der Waals surface area contributed by atoms with Crippen LogP contribution in [0.2, 0.25) is 0 Å². The first kappa shape index (κ1) is 81.2. The van der Waals surface area contributed by atoms with Gasteiger partial charge in [0, 0.05) is 12.8 Å². The Labute approximate surface area is 516 Å². The number of rotatable bonds is 67. The van der Waals surface area contributed by atoms with Gasteiger partial charge in [0.05, 0.1) is 33.8 Å². The van der Waals surface area contributed by atoms with Crippen LogP contribution in [0, 0.1) is 0 Å². The van der Waals surface area contributed by atoms with Gasteiger partial charge in [-0.2, -0.15) is 0 Å². The third-order valence-electron chi connectivity index (χ3n) is 16.6. The summed E-state index contributed by atoms with van der Waals surface area (Å²) in [5.74, 6) is -0.491. The molecular weight excluding hydrogens is 1050 g/mol. The molecule has 0 aliphatic rings. The number of carbonyl (C=O) groups is 2. The predicted molar refractivity (Wildman–Crippen MR) is 360 cm³/mol. The molecule has 0 aliphatic heterocycles. The van der Waals surface area contributed by atoms with E-state index in [4.69, 9.17) is 13.8 Å². The summed E-state index contributed by atoms with van der Waals surface area (Å²) in [5.41, 5.74) is 0. The van der Waals surface area contributed by atoms with Gasteiger partial charge < -0.3 is 19.4 Å². The van der Waals surface area contributed by atoms with Crippen molar-refractivity contribution in [2.45, 2.75) is 380 Å². The summed E-state index contributed by atoms with van der Waals surface area (Å²) in [6.07, 6.45) is 78.8. The zero-order valence-corrected chi connectivity index (χ0v) is 57.1. The molecule has 490 valence electrons. The lowest BCUT2D eigenvalue weighted by atomic mass is 10.0. The zero-order chi connectivity index (χ0) is 60.7. The van der Waals surface area contributed by atoms with Crippen LogP contribution >= 0.6 is 7.82 Å².